The number of hydrazine groups is 1. The molecule has 0 saturated carbocycles. The summed E-state index contributed by atoms with van der Waals surface area (Å²) in [5, 5.41) is 2.03. The first kappa shape index (κ1) is 21.5. The van der Waals surface area contributed by atoms with Crippen molar-refractivity contribution in [3.05, 3.63) is 34.9 Å². The van der Waals surface area contributed by atoms with Crippen LogP contribution >= 0.6 is 0 Å². The number of nitrogens with zero attached hydrogens (tertiary/aromatic N) is 2. The van der Waals surface area contributed by atoms with E-state index in [4.69, 9.17) is 0 Å². The molecule has 0 aromatic heterocycles. The molecule has 1 aliphatic rings. The van der Waals surface area contributed by atoms with E-state index in [0.29, 0.717) is 12.1 Å². The molecule has 0 aliphatic carbocycles. The summed E-state index contributed by atoms with van der Waals surface area (Å²) in [6.07, 6.45) is -10.1. The second-order valence-electron chi connectivity index (χ2n) is 6.35. The Morgan fingerprint density at radius 2 is 1.48 bits per heavy atom. The summed E-state index contributed by atoms with van der Waals surface area (Å²) >= 11 is 0. The molecule has 1 aromatic carbocycles. The van der Waals surface area contributed by atoms with Crippen LogP contribution in [0.5, 0.6) is 0 Å². The maximum Gasteiger partial charge on any atom is 0.416 e. The van der Waals surface area contributed by atoms with Gasteiger partial charge in [-0.3, -0.25) is 9.80 Å². The molecule has 152 valence electrons. The van der Waals surface area contributed by atoms with E-state index in [1.54, 1.807) is 0 Å². The normalized spacial score (nSPS) is 20.1. The van der Waals surface area contributed by atoms with Crippen molar-refractivity contribution in [1.82, 2.24) is 10.0 Å². The lowest BCUT2D eigenvalue weighted by Gasteiger charge is -2.34. The van der Waals surface area contributed by atoms with Crippen molar-refractivity contribution in [3.63, 3.8) is 0 Å². The van der Waals surface area contributed by atoms with Crippen molar-refractivity contribution in [2.24, 2.45) is 0 Å². The van der Waals surface area contributed by atoms with E-state index in [9.17, 15) is 39.6 Å². The van der Waals surface area contributed by atoms with E-state index in [1.807, 2.05) is 0 Å². The lowest BCUT2D eigenvalue weighted by atomic mass is 10.0. The van der Waals surface area contributed by atoms with Gasteiger partial charge in [0.2, 0.25) is 0 Å². The second-order valence-corrected chi connectivity index (χ2v) is 8.58. The fourth-order valence-corrected chi connectivity index (χ4v) is 4.54. The third-order valence-corrected chi connectivity index (χ3v) is 5.78. The first-order valence-electron chi connectivity index (χ1n) is 7.62. The predicted molar refractivity (Wildman–Crippen MR) is 83.4 cm³/mol. The highest BCUT2D eigenvalue weighted by atomic mass is 32.2. The second kappa shape index (κ2) is 6.97. The maximum absolute atomic E-state index is 13.0. The highest BCUT2D eigenvalue weighted by molar-refractivity contribution is 7.91. The van der Waals surface area contributed by atoms with Gasteiger partial charge in [-0.15, -0.1) is 0 Å². The highest BCUT2D eigenvalue weighted by Crippen LogP contribution is 2.36. The molecule has 0 radical (unpaired) electrons. The minimum atomic E-state index is -5.09. The van der Waals surface area contributed by atoms with Crippen LogP contribution < -0.4 is 0 Å². The van der Waals surface area contributed by atoms with Crippen LogP contribution in [0.2, 0.25) is 0 Å². The smallest absolute Gasteiger partial charge is 0.268 e. The molecule has 0 spiro atoms. The topological polar surface area (TPSA) is 57.7 Å². The standard InChI is InChI=1S/C15H16F6N2O3S/c1-22(2)23(12-3-4-27(25,26)8-12)13(24)9-5-10(14(16,17)18)7-11(6-9)15(19,20)21/h5-7,12H,3-4,8H2,1-2H3. The Hall–Kier alpha value is -1.82. The predicted octanol–water partition coefficient (Wildman–Crippen LogP) is 2.83. The van der Waals surface area contributed by atoms with Crippen LogP contribution in [0.15, 0.2) is 18.2 Å². The Morgan fingerprint density at radius 3 is 1.81 bits per heavy atom. The van der Waals surface area contributed by atoms with Gasteiger partial charge in [-0.2, -0.15) is 26.3 Å². The van der Waals surface area contributed by atoms with E-state index < -0.39 is 56.6 Å². The van der Waals surface area contributed by atoms with Crippen molar-refractivity contribution in [1.29, 1.82) is 0 Å². The molecule has 1 unspecified atom stereocenters. The zero-order valence-corrected chi connectivity index (χ0v) is 15.0. The average Bonchev–Trinajstić information content (AvgIpc) is 2.84. The quantitative estimate of drug-likeness (QED) is 0.560. The van der Waals surface area contributed by atoms with Crippen LogP contribution in [0.25, 0.3) is 0 Å². The minimum absolute atomic E-state index is 0.0390. The molecule has 5 nitrogen and oxygen atoms in total. The molecule has 1 aromatic rings. The van der Waals surface area contributed by atoms with E-state index in [-0.39, 0.29) is 18.2 Å². The number of hydrogen-bond donors (Lipinski definition) is 0. The molecule has 12 heteroatoms. The summed E-state index contributed by atoms with van der Waals surface area (Å²) in [7, 11) is -0.736. The lowest BCUT2D eigenvalue weighted by molar-refractivity contribution is -0.143. The average molecular weight is 418 g/mol. The van der Waals surface area contributed by atoms with E-state index in [2.05, 4.69) is 0 Å². The SMILES string of the molecule is CN(C)N(C(=O)c1cc(C(F)(F)F)cc(C(F)(F)F)c1)C1CCS(=O)(=O)C1. The Kier molecular flexibility index (Phi) is 5.54. The fourth-order valence-electron chi connectivity index (χ4n) is 2.85. The Labute approximate surface area is 151 Å². The minimum Gasteiger partial charge on any atom is -0.268 e. The van der Waals surface area contributed by atoms with Crippen LogP contribution in [-0.2, 0) is 22.2 Å². The van der Waals surface area contributed by atoms with Gasteiger partial charge in [0.05, 0.1) is 28.7 Å². The van der Waals surface area contributed by atoms with Crippen molar-refractivity contribution in [3.8, 4) is 0 Å². The number of amides is 1. The van der Waals surface area contributed by atoms with Crippen LogP contribution in [0.3, 0.4) is 0 Å². The molecule has 1 aliphatic heterocycles. The third-order valence-electron chi connectivity index (χ3n) is 4.03. The molecular weight excluding hydrogens is 402 g/mol. The van der Waals surface area contributed by atoms with Gasteiger partial charge in [-0.1, -0.05) is 0 Å². The third kappa shape index (κ3) is 4.92. The number of hydrogen-bond acceptors (Lipinski definition) is 4. The highest BCUT2D eigenvalue weighted by Gasteiger charge is 2.40. The van der Waals surface area contributed by atoms with E-state index in [1.165, 1.54) is 14.1 Å². The molecule has 1 saturated heterocycles. The molecule has 2 rings (SSSR count). The number of carbonyl (C=O) groups excluding carboxylic acids is 1. The summed E-state index contributed by atoms with van der Waals surface area (Å²) in [5.41, 5.74) is -4.05. The van der Waals surface area contributed by atoms with Gasteiger partial charge in [-0.25, -0.2) is 13.4 Å². The Morgan fingerprint density at radius 1 is 1.00 bits per heavy atom. The van der Waals surface area contributed by atoms with Crippen LogP contribution in [0.4, 0.5) is 26.3 Å². The van der Waals surface area contributed by atoms with Gasteiger partial charge in [0, 0.05) is 19.7 Å². The maximum atomic E-state index is 13.0. The number of benzene rings is 1. The van der Waals surface area contributed by atoms with Crippen molar-refractivity contribution in [2.75, 3.05) is 25.6 Å². The summed E-state index contributed by atoms with van der Waals surface area (Å²) in [6, 6.07) is -0.285. The van der Waals surface area contributed by atoms with Gasteiger partial charge in [0.1, 0.15) is 0 Å². The van der Waals surface area contributed by atoms with Crippen molar-refractivity contribution < 1.29 is 39.6 Å². The largest absolute Gasteiger partial charge is 0.416 e. The molecule has 0 N–H and O–H groups in total. The van der Waals surface area contributed by atoms with E-state index >= 15 is 0 Å². The number of rotatable bonds is 3. The molecule has 1 heterocycles. The molecule has 1 atom stereocenters. The van der Waals surface area contributed by atoms with Gasteiger partial charge in [-0.05, 0) is 24.6 Å². The summed E-state index contributed by atoms with van der Waals surface area (Å²) in [6.45, 7) is 0. The zero-order chi connectivity index (χ0) is 20.8. The number of alkyl halides is 6. The first-order valence-corrected chi connectivity index (χ1v) is 9.44. The number of halogens is 6. The fraction of sp³-hybridized carbons (Fsp3) is 0.533. The van der Waals surface area contributed by atoms with Crippen molar-refractivity contribution >= 4 is 15.7 Å². The lowest BCUT2D eigenvalue weighted by Crippen LogP contribution is -2.49. The van der Waals surface area contributed by atoms with Gasteiger partial charge in [0.25, 0.3) is 5.91 Å². The number of sulfone groups is 1. The molecular formula is C15H16F6N2O3S. The molecule has 27 heavy (non-hydrogen) atoms. The van der Waals surface area contributed by atoms with Crippen LogP contribution in [-0.4, -0.2) is 56.0 Å². The first-order chi connectivity index (χ1) is 12.1. The Balaban J connectivity index is 2.52. The molecule has 1 fully saturated rings. The van der Waals surface area contributed by atoms with E-state index in [0.717, 1.165) is 10.0 Å². The van der Waals surface area contributed by atoms with Gasteiger partial charge >= 0.3 is 12.4 Å². The van der Waals surface area contributed by atoms with Gasteiger partial charge in [0.15, 0.2) is 9.84 Å². The monoisotopic (exact) mass is 418 g/mol. The Bertz CT molecular complexity index is 801. The van der Waals surface area contributed by atoms with Crippen molar-refractivity contribution in [2.45, 2.75) is 24.8 Å². The summed E-state index contributed by atoms with van der Waals surface area (Å²) in [4.78, 5) is 12.7. The van der Waals surface area contributed by atoms with Gasteiger partial charge < -0.3 is 0 Å². The zero-order valence-electron chi connectivity index (χ0n) is 14.2. The van der Waals surface area contributed by atoms with Crippen LogP contribution in [0.1, 0.15) is 27.9 Å². The molecule has 0 bridgehead atoms. The number of carbonyl (C=O) groups is 1. The summed E-state index contributed by atoms with van der Waals surface area (Å²) in [5.74, 6) is -1.77. The summed E-state index contributed by atoms with van der Waals surface area (Å²) < 4.78 is 101. The molecule has 1 amide bonds. The van der Waals surface area contributed by atoms with Crippen LogP contribution in [0, 0.1) is 0 Å².